The number of aromatic nitrogens is 1. The maximum absolute atomic E-state index is 14.4. The van der Waals surface area contributed by atoms with Gasteiger partial charge >= 0.3 is 5.97 Å². The Balaban J connectivity index is 1.33. The predicted molar refractivity (Wildman–Crippen MR) is 212 cm³/mol. The molecular formula is C46H45N3O7. The first-order valence-electron chi connectivity index (χ1n) is 18.9. The van der Waals surface area contributed by atoms with Crippen LogP contribution in [0, 0.1) is 11.8 Å². The van der Waals surface area contributed by atoms with Crippen molar-refractivity contribution in [1.29, 1.82) is 0 Å². The number of carbonyl (C=O) groups is 5. The lowest BCUT2D eigenvalue weighted by Gasteiger charge is -2.26. The van der Waals surface area contributed by atoms with Gasteiger partial charge < -0.3 is 20.5 Å². The first kappa shape index (κ1) is 39.3. The molecule has 2 amide bonds. The summed E-state index contributed by atoms with van der Waals surface area (Å²) in [6.45, 7) is -0.289. The molecule has 56 heavy (non-hydrogen) atoms. The smallest absolute Gasteiger partial charge is 0.307 e. The topological polar surface area (TPSA) is 152 Å². The molecule has 0 aliphatic carbocycles. The van der Waals surface area contributed by atoms with E-state index in [0.29, 0.717) is 17.7 Å². The fourth-order valence-corrected chi connectivity index (χ4v) is 6.94. The highest BCUT2D eigenvalue weighted by Crippen LogP contribution is 2.23. The molecule has 0 spiro atoms. The van der Waals surface area contributed by atoms with E-state index < -0.39 is 47.5 Å². The number of pyridine rings is 1. The minimum Gasteiger partial charge on any atom is -0.486 e. The van der Waals surface area contributed by atoms with Crippen LogP contribution in [0.3, 0.4) is 0 Å². The van der Waals surface area contributed by atoms with E-state index in [2.05, 4.69) is 15.6 Å². The fraction of sp³-hybridized carbons (Fsp3) is 0.261. The van der Waals surface area contributed by atoms with Gasteiger partial charge in [-0.3, -0.25) is 29.0 Å². The zero-order chi connectivity index (χ0) is 39.3. The van der Waals surface area contributed by atoms with Gasteiger partial charge in [0.1, 0.15) is 18.4 Å². The fourth-order valence-electron chi connectivity index (χ4n) is 6.94. The van der Waals surface area contributed by atoms with Crippen LogP contribution < -0.4 is 15.4 Å². The average molecular weight is 752 g/mol. The molecule has 3 heterocycles. The normalized spacial score (nSPS) is 19.8. The molecule has 2 aliphatic heterocycles. The molecule has 4 atom stereocenters. The van der Waals surface area contributed by atoms with Gasteiger partial charge in [0.2, 0.25) is 11.8 Å². The number of nitrogens with zero attached hydrogens (tertiary/aromatic N) is 1. The number of rotatable bonds is 9. The summed E-state index contributed by atoms with van der Waals surface area (Å²) in [6.07, 6.45) is 3.82. The predicted octanol–water partition coefficient (Wildman–Crippen LogP) is 6.01. The van der Waals surface area contributed by atoms with Crippen LogP contribution in [0.1, 0.15) is 41.5 Å². The number of nitrogens with one attached hydrogen (secondary N) is 2. The number of carboxylic acid groups (broad SMARTS) is 1. The maximum atomic E-state index is 14.4. The highest BCUT2D eigenvalue weighted by atomic mass is 16.5. The second kappa shape index (κ2) is 19.3. The number of amides is 2. The van der Waals surface area contributed by atoms with Crippen molar-refractivity contribution in [3.8, 4) is 16.9 Å². The van der Waals surface area contributed by atoms with E-state index in [1.807, 2.05) is 91.0 Å². The highest BCUT2D eigenvalue weighted by Gasteiger charge is 2.32. The summed E-state index contributed by atoms with van der Waals surface area (Å²) >= 11 is 0. The Bertz CT molecular complexity index is 2090. The van der Waals surface area contributed by atoms with Crippen molar-refractivity contribution >= 4 is 29.4 Å². The zero-order valence-electron chi connectivity index (χ0n) is 31.0. The quantitative estimate of drug-likeness (QED) is 0.166. The number of hydrogen-bond donors (Lipinski definition) is 3. The zero-order valence-corrected chi connectivity index (χ0v) is 31.0. The molecule has 5 aromatic rings. The van der Waals surface area contributed by atoms with Crippen LogP contribution in [-0.4, -0.2) is 58.1 Å². The lowest BCUT2D eigenvalue weighted by Crippen LogP contribution is -2.54. The molecule has 1 aromatic heterocycles. The molecule has 286 valence electrons. The van der Waals surface area contributed by atoms with Gasteiger partial charge in [0.05, 0.1) is 12.0 Å². The summed E-state index contributed by atoms with van der Waals surface area (Å²) in [7, 11) is 0. The van der Waals surface area contributed by atoms with Gasteiger partial charge in [0.25, 0.3) is 0 Å². The summed E-state index contributed by atoms with van der Waals surface area (Å²) in [5, 5.41) is 16.0. The van der Waals surface area contributed by atoms with Gasteiger partial charge in [-0.2, -0.15) is 0 Å². The van der Waals surface area contributed by atoms with Crippen LogP contribution in [0.25, 0.3) is 11.1 Å². The van der Waals surface area contributed by atoms with Crippen molar-refractivity contribution in [2.75, 3.05) is 6.61 Å². The van der Waals surface area contributed by atoms with Crippen LogP contribution in [-0.2, 0) is 49.7 Å². The molecule has 7 rings (SSSR count). The summed E-state index contributed by atoms with van der Waals surface area (Å²) in [5.74, 6) is -4.47. The molecule has 0 saturated carbocycles. The Morgan fingerprint density at radius 1 is 0.661 bits per heavy atom. The third kappa shape index (κ3) is 11.3. The summed E-state index contributed by atoms with van der Waals surface area (Å²) in [6, 6.07) is 35.2. The van der Waals surface area contributed by atoms with E-state index >= 15 is 0 Å². The van der Waals surface area contributed by atoms with E-state index in [-0.39, 0.29) is 50.9 Å². The van der Waals surface area contributed by atoms with E-state index in [1.165, 1.54) is 0 Å². The molecule has 0 saturated heterocycles. The number of hydrogen-bond acceptors (Lipinski definition) is 7. The van der Waals surface area contributed by atoms with Crippen molar-refractivity contribution in [2.45, 2.75) is 57.0 Å². The third-order valence-corrected chi connectivity index (χ3v) is 10.1. The van der Waals surface area contributed by atoms with Crippen molar-refractivity contribution in [3.05, 3.63) is 156 Å². The van der Waals surface area contributed by atoms with Crippen molar-refractivity contribution in [1.82, 2.24) is 15.6 Å². The summed E-state index contributed by atoms with van der Waals surface area (Å²) < 4.78 is 5.77. The van der Waals surface area contributed by atoms with Crippen LogP contribution in [0.5, 0.6) is 5.75 Å². The van der Waals surface area contributed by atoms with Gasteiger partial charge in [-0.25, -0.2) is 0 Å². The monoisotopic (exact) mass is 751 g/mol. The van der Waals surface area contributed by atoms with Crippen molar-refractivity contribution in [2.24, 2.45) is 11.8 Å². The van der Waals surface area contributed by atoms with Crippen LogP contribution in [0.4, 0.5) is 0 Å². The summed E-state index contributed by atoms with van der Waals surface area (Å²) in [5.41, 5.74) is 5.15. The Morgan fingerprint density at radius 3 is 2.00 bits per heavy atom. The molecule has 2 bridgehead atoms. The minimum atomic E-state index is -1.13. The van der Waals surface area contributed by atoms with E-state index in [4.69, 9.17) is 4.74 Å². The second-order valence-electron chi connectivity index (χ2n) is 14.3. The molecule has 0 unspecified atom stereocenters. The number of aryl methyl sites for hydroxylation is 1. The van der Waals surface area contributed by atoms with Gasteiger partial charge in [-0.15, -0.1) is 0 Å². The van der Waals surface area contributed by atoms with E-state index in [0.717, 1.165) is 27.8 Å². The minimum absolute atomic E-state index is 0.0767. The number of carboxylic acids is 1. The molecular weight excluding hydrogens is 707 g/mol. The molecule has 10 nitrogen and oxygen atoms in total. The van der Waals surface area contributed by atoms with Crippen molar-refractivity contribution in [3.63, 3.8) is 0 Å². The van der Waals surface area contributed by atoms with E-state index in [9.17, 15) is 29.1 Å². The number of carbonyl (C=O) groups excluding carboxylic acids is 4. The number of fused-ring (bicyclic) bond motifs is 16. The van der Waals surface area contributed by atoms with Crippen LogP contribution in [0.15, 0.2) is 134 Å². The lowest BCUT2D eigenvalue weighted by atomic mass is 9.90. The van der Waals surface area contributed by atoms with Crippen LogP contribution >= 0.6 is 0 Å². The van der Waals surface area contributed by atoms with E-state index in [1.54, 1.807) is 42.7 Å². The third-order valence-electron chi connectivity index (χ3n) is 10.1. The van der Waals surface area contributed by atoms with Crippen LogP contribution in [0.2, 0.25) is 0 Å². The number of aliphatic carboxylic acids is 1. The van der Waals surface area contributed by atoms with Gasteiger partial charge in [0.15, 0.2) is 11.6 Å². The highest BCUT2D eigenvalue weighted by molar-refractivity contribution is 5.95. The van der Waals surface area contributed by atoms with Gasteiger partial charge in [0, 0.05) is 37.6 Å². The first-order valence-corrected chi connectivity index (χ1v) is 18.9. The molecule has 10 heteroatoms. The number of ketones is 2. The standard InChI is InChI=1S/C46H45N3O7/c50-39-27-37(25-34-10-7-23-47-29-34)44(52)49-42(26-33-13-18-36(19-14-33)35-11-5-2-6-12-35)45(53)48-41(22-17-31-8-3-1-4-9-31)43(51)28-38(46(54)55)24-32-15-20-40(21-16-32)56-30-39/h1-16,18-21,23,29,37-38,41-42H,17,22,24-28,30H2,(H,48,53)(H,49,52)(H,54,55)/t37-,38-,41+,42-/m1/s1. The van der Waals surface area contributed by atoms with Crippen molar-refractivity contribution < 1.29 is 33.8 Å². The SMILES string of the molecule is O=C1COc2ccc(cc2)C[C@@H](C(=O)O)CC(=O)[C@H](CCc2ccccc2)NC(=O)[C@@H](Cc2ccc(-c3ccccc3)cc2)NC(=O)[C@H](Cc2cccnc2)C1. The molecule has 3 N–H and O–H groups in total. The first-order chi connectivity index (χ1) is 27.2. The number of benzene rings is 4. The largest absolute Gasteiger partial charge is 0.486 e. The Hall–Kier alpha value is -6.42. The van der Waals surface area contributed by atoms with Gasteiger partial charge in [-0.05, 0) is 77.3 Å². The summed E-state index contributed by atoms with van der Waals surface area (Å²) in [4.78, 5) is 72.7. The Kier molecular flexibility index (Phi) is 13.5. The van der Waals surface area contributed by atoms with Gasteiger partial charge in [-0.1, -0.05) is 103 Å². The molecule has 0 fully saturated rings. The molecule has 2 aliphatic rings. The number of Topliss-reactive ketones (excluding diaryl/α,β-unsaturated/α-hetero) is 2. The average Bonchev–Trinajstić information content (AvgIpc) is 3.22. The lowest BCUT2D eigenvalue weighted by molar-refractivity contribution is -0.144. The maximum Gasteiger partial charge on any atom is 0.307 e. The molecule has 4 aromatic carbocycles. The molecule has 0 radical (unpaired) electrons. The Morgan fingerprint density at radius 2 is 1.32 bits per heavy atom. The second-order valence-corrected chi connectivity index (χ2v) is 14.3. The number of ether oxygens (including phenoxy) is 1. The Labute approximate surface area is 326 Å².